The second-order valence-electron chi connectivity index (χ2n) is 6.47. The second-order valence-corrected chi connectivity index (χ2v) is 6.47. The number of hydrogen-bond acceptors (Lipinski definition) is 3. The van der Waals surface area contributed by atoms with Gasteiger partial charge in [0, 0.05) is 39.9 Å². The maximum Gasteiger partial charge on any atom is 0.236 e. The van der Waals surface area contributed by atoms with Gasteiger partial charge in [-0.1, -0.05) is 42.5 Å². The lowest BCUT2D eigenvalue weighted by Gasteiger charge is -2.22. The van der Waals surface area contributed by atoms with Gasteiger partial charge in [0.1, 0.15) is 0 Å². The van der Waals surface area contributed by atoms with E-state index in [1.807, 2.05) is 51.3 Å². The fraction of sp³-hybridized carbons (Fsp3) is 0.350. The van der Waals surface area contributed by atoms with Crippen LogP contribution >= 0.6 is 0 Å². The van der Waals surface area contributed by atoms with Crippen molar-refractivity contribution in [3.05, 3.63) is 65.7 Å². The molecule has 0 spiro atoms. The molecule has 0 radical (unpaired) electrons. The molecule has 2 rings (SSSR count). The molecule has 0 saturated carbocycles. The van der Waals surface area contributed by atoms with Crippen LogP contribution in [0.4, 0.5) is 5.69 Å². The highest BCUT2D eigenvalue weighted by molar-refractivity contribution is 5.78. The average molecular weight is 325 g/mol. The van der Waals surface area contributed by atoms with E-state index in [2.05, 4.69) is 41.3 Å². The molecule has 0 aliphatic heterocycles. The number of rotatable bonds is 7. The maximum atomic E-state index is 12.4. The predicted molar refractivity (Wildman–Crippen MR) is 100 cm³/mol. The molecule has 2 aromatic carbocycles. The molecule has 0 heterocycles. The number of hydrogen-bond donors (Lipinski definition) is 0. The molecule has 2 aromatic rings. The smallest absolute Gasteiger partial charge is 0.236 e. The number of benzene rings is 2. The standard InChI is InChI=1S/C20H27N3O/c1-21(2)19-12-10-18(11-13-19)15-23(4)20(24)16-22(3)14-17-8-6-5-7-9-17/h5-13H,14-16H2,1-4H3. The van der Waals surface area contributed by atoms with Gasteiger partial charge in [-0.25, -0.2) is 0 Å². The first-order chi connectivity index (χ1) is 11.5. The van der Waals surface area contributed by atoms with Crippen LogP contribution in [0.5, 0.6) is 0 Å². The SMILES string of the molecule is CN(CC(=O)N(C)Cc1ccc(N(C)C)cc1)Cc1ccccc1. The van der Waals surface area contributed by atoms with Crippen molar-refractivity contribution in [2.24, 2.45) is 0 Å². The second kappa shape index (κ2) is 8.50. The summed E-state index contributed by atoms with van der Waals surface area (Å²) in [5.41, 5.74) is 3.52. The molecule has 0 N–H and O–H groups in total. The Bertz CT molecular complexity index is 638. The monoisotopic (exact) mass is 325 g/mol. The first kappa shape index (κ1) is 18.0. The summed E-state index contributed by atoms with van der Waals surface area (Å²) in [5, 5.41) is 0. The van der Waals surface area contributed by atoms with E-state index < -0.39 is 0 Å². The van der Waals surface area contributed by atoms with Gasteiger partial charge in [0.2, 0.25) is 5.91 Å². The number of nitrogens with zero attached hydrogens (tertiary/aromatic N) is 3. The highest BCUT2D eigenvalue weighted by Crippen LogP contribution is 2.13. The summed E-state index contributed by atoms with van der Waals surface area (Å²) < 4.78 is 0. The topological polar surface area (TPSA) is 26.8 Å². The molecule has 0 saturated heterocycles. The Hall–Kier alpha value is -2.33. The third-order valence-electron chi connectivity index (χ3n) is 4.00. The summed E-state index contributed by atoms with van der Waals surface area (Å²) >= 11 is 0. The molecule has 4 nitrogen and oxygen atoms in total. The summed E-state index contributed by atoms with van der Waals surface area (Å²) in [4.78, 5) is 18.3. The van der Waals surface area contributed by atoms with Crippen molar-refractivity contribution >= 4 is 11.6 Å². The zero-order valence-corrected chi connectivity index (χ0v) is 15.1. The van der Waals surface area contributed by atoms with Crippen molar-refractivity contribution in [1.29, 1.82) is 0 Å². The van der Waals surface area contributed by atoms with E-state index in [-0.39, 0.29) is 5.91 Å². The normalized spacial score (nSPS) is 10.7. The molecule has 0 unspecified atom stereocenters. The highest BCUT2D eigenvalue weighted by Gasteiger charge is 2.12. The van der Waals surface area contributed by atoms with Crippen molar-refractivity contribution in [2.45, 2.75) is 13.1 Å². The lowest BCUT2D eigenvalue weighted by atomic mass is 10.2. The Balaban J connectivity index is 1.85. The van der Waals surface area contributed by atoms with E-state index in [4.69, 9.17) is 0 Å². The largest absolute Gasteiger partial charge is 0.378 e. The van der Waals surface area contributed by atoms with Crippen LogP contribution in [-0.4, -0.2) is 50.4 Å². The van der Waals surface area contributed by atoms with E-state index in [1.54, 1.807) is 4.90 Å². The van der Waals surface area contributed by atoms with Gasteiger partial charge in [-0.15, -0.1) is 0 Å². The fourth-order valence-electron chi connectivity index (χ4n) is 2.56. The molecule has 1 amide bonds. The van der Waals surface area contributed by atoms with Crippen molar-refractivity contribution in [2.75, 3.05) is 39.6 Å². The van der Waals surface area contributed by atoms with Crippen molar-refractivity contribution < 1.29 is 4.79 Å². The molecule has 0 atom stereocenters. The van der Waals surface area contributed by atoms with Crippen LogP contribution in [0.2, 0.25) is 0 Å². The molecule has 0 aliphatic carbocycles. The molecular weight excluding hydrogens is 298 g/mol. The quantitative estimate of drug-likeness (QED) is 0.783. The van der Waals surface area contributed by atoms with Crippen LogP contribution in [-0.2, 0) is 17.9 Å². The molecule has 24 heavy (non-hydrogen) atoms. The van der Waals surface area contributed by atoms with E-state index in [1.165, 1.54) is 5.56 Å². The maximum absolute atomic E-state index is 12.4. The molecule has 4 heteroatoms. The molecular formula is C20H27N3O. The van der Waals surface area contributed by atoms with E-state index in [9.17, 15) is 4.79 Å². The van der Waals surface area contributed by atoms with Gasteiger partial charge >= 0.3 is 0 Å². The summed E-state index contributed by atoms with van der Waals surface area (Å²) in [5.74, 6) is 0.130. The zero-order chi connectivity index (χ0) is 17.5. The van der Waals surface area contributed by atoms with Crippen LogP contribution in [0.15, 0.2) is 54.6 Å². The van der Waals surface area contributed by atoms with Crippen molar-refractivity contribution in [1.82, 2.24) is 9.80 Å². The number of likely N-dealkylation sites (N-methyl/N-ethyl adjacent to an activating group) is 2. The summed E-state index contributed by atoms with van der Waals surface area (Å²) in [6.45, 7) is 1.82. The summed E-state index contributed by atoms with van der Waals surface area (Å²) in [7, 11) is 7.88. The zero-order valence-electron chi connectivity index (χ0n) is 15.1. The van der Waals surface area contributed by atoms with Gasteiger partial charge in [-0.3, -0.25) is 9.69 Å². The lowest BCUT2D eigenvalue weighted by molar-refractivity contribution is -0.131. The molecule has 0 aromatic heterocycles. The summed E-state index contributed by atoms with van der Waals surface area (Å²) in [6.07, 6.45) is 0. The minimum Gasteiger partial charge on any atom is -0.378 e. The van der Waals surface area contributed by atoms with Crippen LogP contribution in [0.3, 0.4) is 0 Å². The minimum atomic E-state index is 0.130. The van der Waals surface area contributed by atoms with Crippen molar-refractivity contribution in [3.8, 4) is 0 Å². The van der Waals surface area contributed by atoms with E-state index in [0.29, 0.717) is 13.1 Å². The first-order valence-electron chi connectivity index (χ1n) is 8.18. The van der Waals surface area contributed by atoms with Crippen LogP contribution in [0.25, 0.3) is 0 Å². The molecule has 0 fully saturated rings. The van der Waals surface area contributed by atoms with Gasteiger partial charge in [0.05, 0.1) is 6.54 Å². The average Bonchev–Trinajstić information content (AvgIpc) is 2.56. The van der Waals surface area contributed by atoms with E-state index >= 15 is 0 Å². The molecule has 0 aliphatic rings. The van der Waals surface area contributed by atoms with Gasteiger partial charge in [0.25, 0.3) is 0 Å². The Kier molecular flexibility index (Phi) is 6.38. The Morgan fingerprint density at radius 1 is 0.792 bits per heavy atom. The fourth-order valence-corrected chi connectivity index (χ4v) is 2.56. The summed E-state index contributed by atoms with van der Waals surface area (Å²) in [6, 6.07) is 18.5. The number of carbonyl (C=O) groups is 1. The predicted octanol–water partition coefficient (Wildman–Crippen LogP) is 2.84. The Morgan fingerprint density at radius 3 is 1.96 bits per heavy atom. The Labute approximate surface area is 145 Å². The first-order valence-corrected chi connectivity index (χ1v) is 8.18. The number of anilines is 1. The number of amides is 1. The lowest BCUT2D eigenvalue weighted by Crippen LogP contribution is -2.36. The minimum absolute atomic E-state index is 0.130. The van der Waals surface area contributed by atoms with Crippen LogP contribution in [0, 0.1) is 0 Å². The van der Waals surface area contributed by atoms with E-state index in [0.717, 1.165) is 17.8 Å². The van der Waals surface area contributed by atoms with Gasteiger partial charge in [-0.05, 0) is 30.3 Å². The van der Waals surface area contributed by atoms with Gasteiger partial charge < -0.3 is 9.80 Å². The molecule has 0 bridgehead atoms. The van der Waals surface area contributed by atoms with Crippen LogP contribution < -0.4 is 4.90 Å². The van der Waals surface area contributed by atoms with Gasteiger partial charge in [-0.2, -0.15) is 0 Å². The van der Waals surface area contributed by atoms with Crippen molar-refractivity contribution in [3.63, 3.8) is 0 Å². The number of carbonyl (C=O) groups excluding carboxylic acids is 1. The van der Waals surface area contributed by atoms with Crippen LogP contribution in [0.1, 0.15) is 11.1 Å². The van der Waals surface area contributed by atoms with Gasteiger partial charge in [0.15, 0.2) is 0 Å². The Morgan fingerprint density at radius 2 is 1.38 bits per heavy atom. The highest BCUT2D eigenvalue weighted by atomic mass is 16.2. The molecule has 128 valence electrons. The third kappa shape index (κ3) is 5.39. The third-order valence-corrected chi connectivity index (χ3v) is 4.00.